The summed E-state index contributed by atoms with van der Waals surface area (Å²) >= 11 is 1.61. The first kappa shape index (κ1) is 21.1. The molecule has 1 amide bonds. The Morgan fingerprint density at radius 2 is 1.78 bits per heavy atom. The van der Waals surface area contributed by atoms with Crippen molar-refractivity contribution in [3.63, 3.8) is 0 Å². The smallest absolute Gasteiger partial charge is 0.245 e. The molecule has 0 heterocycles. The number of nitrogens with zero attached hydrogens (tertiary/aromatic N) is 1. The molecule has 0 atom stereocenters. The standard InChI is InChI=1S/C19H24N2O4S2/c1-4-25-16-12-10-15(11-13-16)21(27(3,23)24)14-19(22)20-17-8-6-7-9-18(17)26-5-2/h6-13H,4-5,14H2,1-3H3,(H,20,22). The van der Waals surface area contributed by atoms with Crippen molar-refractivity contribution in [3.05, 3.63) is 48.5 Å². The van der Waals surface area contributed by atoms with Gasteiger partial charge in [0.25, 0.3) is 0 Å². The van der Waals surface area contributed by atoms with Crippen molar-refractivity contribution in [1.29, 1.82) is 0 Å². The number of anilines is 2. The van der Waals surface area contributed by atoms with Gasteiger partial charge in [0.1, 0.15) is 12.3 Å². The van der Waals surface area contributed by atoms with E-state index in [1.165, 1.54) is 0 Å². The number of amides is 1. The monoisotopic (exact) mass is 408 g/mol. The third-order valence-electron chi connectivity index (χ3n) is 3.58. The molecular weight excluding hydrogens is 384 g/mol. The third kappa shape index (κ3) is 6.18. The van der Waals surface area contributed by atoms with E-state index in [-0.39, 0.29) is 6.54 Å². The van der Waals surface area contributed by atoms with Gasteiger partial charge < -0.3 is 10.1 Å². The van der Waals surface area contributed by atoms with Crippen LogP contribution in [-0.4, -0.2) is 39.5 Å². The molecule has 0 bridgehead atoms. The quantitative estimate of drug-likeness (QED) is 0.642. The minimum Gasteiger partial charge on any atom is -0.494 e. The number of carbonyl (C=O) groups is 1. The number of nitrogens with one attached hydrogen (secondary N) is 1. The molecule has 27 heavy (non-hydrogen) atoms. The van der Waals surface area contributed by atoms with Gasteiger partial charge in [0.15, 0.2) is 0 Å². The number of benzene rings is 2. The molecule has 2 aromatic carbocycles. The molecule has 146 valence electrons. The van der Waals surface area contributed by atoms with Crippen molar-refractivity contribution in [2.45, 2.75) is 18.7 Å². The molecule has 2 aromatic rings. The molecule has 1 N–H and O–H groups in total. The summed E-state index contributed by atoms with van der Waals surface area (Å²) in [5.74, 6) is 1.11. The Hall–Kier alpha value is -2.19. The first-order valence-corrected chi connectivity index (χ1v) is 11.4. The number of sulfonamides is 1. The molecular formula is C19H24N2O4S2. The Balaban J connectivity index is 2.18. The normalized spacial score (nSPS) is 11.1. The highest BCUT2D eigenvalue weighted by Crippen LogP contribution is 2.27. The number of rotatable bonds is 9. The second kappa shape index (κ2) is 9.66. The number of ether oxygens (including phenoxy) is 1. The van der Waals surface area contributed by atoms with Crippen LogP contribution in [0.5, 0.6) is 5.75 Å². The molecule has 0 aliphatic rings. The van der Waals surface area contributed by atoms with Crippen molar-refractivity contribution < 1.29 is 17.9 Å². The first-order chi connectivity index (χ1) is 12.8. The zero-order valence-corrected chi connectivity index (χ0v) is 17.3. The molecule has 0 radical (unpaired) electrons. The van der Waals surface area contributed by atoms with Gasteiger partial charge in [0.05, 0.1) is 24.2 Å². The van der Waals surface area contributed by atoms with Crippen molar-refractivity contribution in [3.8, 4) is 5.75 Å². The van der Waals surface area contributed by atoms with E-state index in [0.29, 0.717) is 23.7 Å². The van der Waals surface area contributed by atoms with Crippen molar-refractivity contribution in [2.75, 3.05) is 34.8 Å². The topological polar surface area (TPSA) is 75.7 Å². The van der Waals surface area contributed by atoms with Gasteiger partial charge >= 0.3 is 0 Å². The van der Waals surface area contributed by atoms with E-state index in [9.17, 15) is 13.2 Å². The fourth-order valence-electron chi connectivity index (χ4n) is 2.45. The number of para-hydroxylation sites is 1. The maximum atomic E-state index is 12.5. The Kier molecular flexibility index (Phi) is 7.55. The van der Waals surface area contributed by atoms with Crippen molar-refractivity contribution >= 4 is 39.1 Å². The van der Waals surface area contributed by atoms with E-state index in [1.807, 2.05) is 32.0 Å². The first-order valence-electron chi connectivity index (χ1n) is 8.57. The lowest BCUT2D eigenvalue weighted by Gasteiger charge is -2.22. The van der Waals surface area contributed by atoms with Gasteiger partial charge in [0, 0.05) is 4.90 Å². The second-order valence-electron chi connectivity index (χ2n) is 5.67. The largest absolute Gasteiger partial charge is 0.494 e. The van der Waals surface area contributed by atoms with Crippen LogP contribution in [0.4, 0.5) is 11.4 Å². The second-order valence-corrected chi connectivity index (χ2v) is 8.89. The van der Waals surface area contributed by atoms with Gasteiger partial charge in [0.2, 0.25) is 15.9 Å². The number of hydrogen-bond donors (Lipinski definition) is 1. The van der Waals surface area contributed by atoms with Gasteiger partial charge in [-0.3, -0.25) is 9.10 Å². The molecule has 0 fully saturated rings. The zero-order valence-electron chi connectivity index (χ0n) is 15.6. The van der Waals surface area contributed by atoms with Crippen LogP contribution in [0, 0.1) is 0 Å². The summed E-state index contributed by atoms with van der Waals surface area (Å²) in [6.07, 6.45) is 1.08. The van der Waals surface area contributed by atoms with E-state index in [2.05, 4.69) is 5.32 Å². The summed E-state index contributed by atoms with van der Waals surface area (Å²) in [4.78, 5) is 13.5. The van der Waals surface area contributed by atoms with E-state index in [4.69, 9.17) is 4.74 Å². The number of hydrogen-bond acceptors (Lipinski definition) is 5. The highest BCUT2D eigenvalue weighted by Gasteiger charge is 2.21. The molecule has 0 unspecified atom stereocenters. The molecule has 0 aliphatic heterocycles. The van der Waals surface area contributed by atoms with Crippen molar-refractivity contribution in [1.82, 2.24) is 0 Å². The average molecular weight is 409 g/mol. The lowest BCUT2D eigenvalue weighted by molar-refractivity contribution is -0.114. The van der Waals surface area contributed by atoms with Crippen molar-refractivity contribution in [2.24, 2.45) is 0 Å². The molecule has 0 aromatic heterocycles. The van der Waals surface area contributed by atoms with Gasteiger partial charge in [-0.1, -0.05) is 19.1 Å². The van der Waals surface area contributed by atoms with Crippen LogP contribution in [0.3, 0.4) is 0 Å². The molecule has 0 saturated carbocycles. The minimum absolute atomic E-state index is 0.308. The Bertz CT molecular complexity index is 868. The predicted molar refractivity (Wildman–Crippen MR) is 111 cm³/mol. The van der Waals surface area contributed by atoms with Crippen LogP contribution >= 0.6 is 11.8 Å². The maximum Gasteiger partial charge on any atom is 0.245 e. The van der Waals surface area contributed by atoms with Gasteiger partial charge in [-0.2, -0.15) is 0 Å². The van der Waals surface area contributed by atoms with Crippen LogP contribution in [-0.2, 0) is 14.8 Å². The fraction of sp³-hybridized carbons (Fsp3) is 0.316. The molecule has 0 aliphatic carbocycles. The minimum atomic E-state index is -3.62. The van der Waals surface area contributed by atoms with E-state index in [0.717, 1.165) is 21.2 Å². The maximum absolute atomic E-state index is 12.5. The van der Waals surface area contributed by atoms with Gasteiger partial charge in [-0.05, 0) is 49.1 Å². The summed E-state index contributed by atoms with van der Waals surface area (Å²) in [5.41, 5.74) is 1.09. The van der Waals surface area contributed by atoms with E-state index < -0.39 is 15.9 Å². The Labute approximate surface area is 165 Å². The summed E-state index contributed by atoms with van der Waals surface area (Å²) in [5, 5.41) is 2.81. The van der Waals surface area contributed by atoms with Gasteiger partial charge in [-0.25, -0.2) is 8.42 Å². The third-order valence-corrected chi connectivity index (χ3v) is 5.68. The molecule has 2 rings (SSSR count). The lowest BCUT2D eigenvalue weighted by atomic mass is 10.3. The summed E-state index contributed by atoms with van der Waals surface area (Å²) in [7, 11) is -3.62. The highest BCUT2D eigenvalue weighted by atomic mass is 32.2. The Morgan fingerprint density at radius 1 is 1.11 bits per heavy atom. The summed E-state index contributed by atoms with van der Waals surface area (Å²) < 4.78 is 30.9. The number of thioether (sulfide) groups is 1. The molecule has 0 saturated heterocycles. The van der Waals surface area contributed by atoms with Crippen LogP contribution in [0.2, 0.25) is 0 Å². The highest BCUT2D eigenvalue weighted by molar-refractivity contribution is 7.99. The van der Waals surface area contributed by atoms with Crippen LogP contribution in [0.15, 0.2) is 53.4 Å². The molecule has 0 spiro atoms. The van der Waals surface area contributed by atoms with E-state index in [1.54, 1.807) is 42.1 Å². The predicted octanol–water partition coefficient (Wildman–Crippen LogP) is 3.60. The molecule has 8 heteroatoms. The summed E-state index contributed by atoms with van der Waals surface area (Å²) in [6.45, 7) is 4.11. The van der Waals surface area contributed by atoms with Gasteiger partial charge in [-0.15, -0.1) is 11.8 Å². The van der Waals surface area contributed by atoms with E-state index >= 15 is 0 Å². The number of carbonyl (C=O) groups excluding carboxylic acids is 1. The summed E-state index contributed by atoms with van der Waals surface area (Å²) in [6, 6.07) is 14.1. The SMILES string of the molecule is CCOc1ccc(N(CC(=O)Nc2ccccc2SCC)S(C)(=O)=O)cc1. The fourth-order valence-corrected chi connectivity index (χ4v) is 4.06. The zero-order chi connectivity index (χ0) is 19.9. The molecule has 6 nitrogen and oxygen atoms in total. The van der Waals surface area contributed by atoms with Crippen LogP contribution in [0.1, 0.15) is 13.8 Å². The van der Waals surface area contributed by atoms with Crippen LogP contribution in [0.25, 0.3) is 0 Å². The Morgan fingerprint density at radius 3 is 2.37 bits per heavy atom. The van der Waals surface area contributed by atoms with Crippen LogP contribution < -0.4 is 14.4 Å². The lowest BCUT2D eigenvalue weighted by Crippen LogP contribution is -2.37. The average Bonchev–Trinajstić information content (AvgIpc) is 2.62.